The molecule has 1 heterocycles. The number of anilines is 2. The molecule has 1 fully saturated rings. The Kier molecular flexibility index (Phi) is 4.15. The zero-order valence-corrected chi connectivity index (χ0v) is 13.2. The minimum Gasteiger partial charge on any atom is -0.497 e. The first kappa shape index (κ1) is 14.6. The van der Waals surface area contributed by atoms with E-state index in [2.05, 4.69) is 15.6 Å². The van der Waals surface area contributed by atoms with E-state index in [0.717, 1.165) is 18.5 Å². The number of nitrogens with one attached hydrogen (secondary N) is 2. The molecule has 0 radical (unpaired) electrons. The molecule has 2 N–H and O–H groups in total. The van der Waals surface area contributed by atoms with Gasteiger partial charge in [-0.05, 0) is 25.0 Å². The van der Waals surface area contributed by atoms with Crippen molar-refractivity contribution in [3.63, 3.8) is 0 Å². The molecule has 22 heavy (non-hydrogen) atoms. The van der Waals surface area contributed by atoms with Gasteiger partial charge in [0.05, 0.1) is 19.9 Å². The predicted octanol–water partition coefficient (Wildman–Crippen LogP) is 2.80. The number of hydrogen-bond acceptors (Lipinski definition) is 6. The zero-order valence-electron chi connectivity index (χ0n) is 12.4. The number of benzene rings is 1. The molecule has 2 aromatic rings. The number of carbonyl (C=O) groups excluding carboxylic acids is 1. The molecule has 1 amide bonds. The van der Waals surface area contributed by atoms with Crippen LogP contribution in [-0.4, -0.2) is 31.2 Å². The summed E-state index contributed by atoms with van der Waals surface area (Å²) in [5.74, 6) is 1.25. The molecule has 1 aromatic heterocycles. The maximum absolute atomic E-state index is 11.9. The Morgan fingerprint density at radius 2 is 2.14 bits per heavy atom. The van der Waals surface area contributed by atoms with E-state index in [9.17, 15) is 4.79 Å². The van der Waals surface area contributed by atoms with Crippen LogP contribution in [-0.2, 0) is 0 Å². The van der Waals surface area contributed by atoms with E-state index in [4.69, 9.17) is 9.47 Å². The Labute approximate surface area is 132 Å². The Bertz CT molecular complexity index is 682. The van der Waals surface area contributed by atoms with Gasteiger partial charge >= 0.3 is 0 Å². The summed E-state index contributed by atoms with van der Waals surface area (Å²) < 4.78 is 10.5. The van der Waals surface area contributed by atoms with E-state index < -0.39 is 0 Å². The highest BCUT2D eigenvalue weighted by Crippen LogP contribution is 2.32. The summed E-state index contributed by atoms with van der Waals surface area (Å²) in [7, 11) is 3.20. The molecule has 116 valence electrons. The third-order valence-electron chi connectivity index (χ3n) is 3.30. The molecule has 0 aliphatic heterocycles. The number of aromatic nitrogens is 1. The van der Waals surface area contributed by atoms with E-state index in [1.54, 1.807) is 25.7 Å². The lowest BCUT2D eigenvalue weighted by atomic mass is 10.3. The second-order valence-corrected chi connectivity index (χ2v) is 5.83. The van der Waals surface area contributed by atoms with Gasteiger partial charge < -0.3 is 20.1 Å². The molecule has 0 bridgehead atoms. The van der Waals surface area contributed by atoms with Gasteiger partial charge in [-0.3, -0.25) is 4.79 Å². The summed E-state index contributed by atoms with van der Waals surface area (Å²) in [6, 6.07) is 5.80. The highest BCUT2D eigenvalue weighted by molar-refractivity contribution is 7.14. The third-order valence-corrected chi connectivity index (χ3v) is 4.06. The van der Waals surface area contributed by atoms with E-state index in [1.165, 1.54) is 11.3 Å². The summed E-state index contributed by atoms with van der Waals surface area (Å²) in [6.45, 7) is 0. The average molecular weight is 319 g/mol. The van der Waals surface area contributed by atoms with Crippen molar-refractivity contribution in [2.45, 2.75) is 18.9 Å². The van der Waals surface area contributed by atoms with Crippen molar-refractivity contribution in [2.75, 3.05) is 19.5 Å². The van der Waals surface area contributed by atoms with Gasteiger partial charge in [0, 0.05) is 17.5 Å². The number of carbonyl (C=O) groups is 1. The molecule has 3 rings (SSSR count). The third kappa shape index (κ3) is 3.30. The lowest BCUT2D eigenvalue weighted by molar-refractivity contribution is 0.0947. The Morgan fingerprint density at radius 3 is 2.82 bits per heavy atom. The second-order valence-electron chi connectivity index (χ2n) is 4.98. The summed E-state index contributed by atoms with van der Waals surface area (Å²) in [5, 5.41) is 8.48. The van der Waals surface area contributed by atoms with Gasteiger partial charge in [-0.15, -0.1) is 11.3 Å². The van der Waals surface area contributed by atoms with Crippen LogP contribution in [0.25, 0.3) is 0 Å². The van der Waals surface area contributed by atoms with Crippen LogP contribution in [0.4, 0.5) is 10.8 Å². The summed E-state index contributed by atoms with van der Waals surface area (Å²) in [5.41, 5.74) is 1.21. The zero-order chi connectivity index (χ0) is 15.5. The minimum absolute atomic E-state index is 0.117. The number of rotatable bonds is 6. The van der Waals surface area contributed by atoms with Crippen LogP contribution in [0.5, 0.6) is 11.5 Å². The molecular formula is C15H17N3O3S. The first-order valence-electron chi connectivity index (χ1n) is 6.95. The van der Waals surface area contributed by atoms with Crippen LogP contribution in [0.3, 0.4) is 0 Å². The topological polar surface area (TPSA) is 72.5 Å². The van der Waals surface area contributed by atoms with Crippen molar-refractivity contribution in [1.82, 2.24) is 10.3 Å². The Morgan fingerprint density at radius 1 is 1.32 bits per heavy atom. The molecule has 1 aliphatic carbocycles. The largest absolute Gasteiger partial charge is 0.497 e. The van der Waals surface area contributed by atoms with Crippen molar-refractivity contribution < 1.29 is 14.3 Å². The fourth-order valence-corrected chi connectivity index (χ4v) is 2.64. The van der Waals surface area contributed by atoms with E-state index in [-0.39, 0.29) is 5.91 Å². The minimum atomic E-state index is -0.117. The van der Waals surface area contributed by atoms with E-state index in [0.29, 0.717) is 28.4 Å². The van der Waals surface area contributed by atoms with Crippen LogP contribution >= 0.6 is 11.3 Å². The number of nitrogens with zero attached hydrogens (tertiary/aromatic N) is 1. The van der Waals surface area contributed by atoms with Crippen LogP contribution in [0, 0.1) is 0 Å². The van der Waals surface area contributed by atoms with Gasteiger partial charge in [-0.1, -0.05) is 0 Å². The fourth-order valence-electron chi connectivity index (χ4n) is 1.94. The number of amides is 1. The van der Waals surface area contributed by atoms with E-state index in [1.807, 2.05) is 12.1 Å². The number of hydrogen-bond donors (Lipinski definition) is 2. The van der Waals surface area contributed by atoms with E-state index >= 15 is 0 Å². The maximum atomic E-state index is 11.9. The normalized spacial score (nSPS) is 13.5. The van der Waals surface area contributed by atoms with Crippen LogP contribution < -0.4 is 20.1 Å². The summed E-state index contributed by atoms with van der Waals surface area (Å²) in [6.07, 6.45) is 2.12. The number of thiazole rings is 1. The van der Waals surface area contributed by atoms with Crippen LogP contribution in [0.2, 0.25) is 0 Å². The van der Waals surface area contributed by atoms with Crippen molar-refractivity contribution >= 4 is 28.1 Å². The molecule has 0 saturated heterocycles. The average Bonchev–Trinajstić information content (AvgIpc) is 3.22. The number of methoxy groups -OCH3 is 2. The van der Waals surface area contributed by atoms with Gasteiger partial charge in [0.1, 0.15) is 17.2 Å². The molecule has 0 atom stereocenters. The Balaban J connectivity index is 1.72. The molecule has 1 saturated carbocycles. The SMILES string of the molecule is COc1ccc(Nc2nc(C(=O)NC3CC3)cs2)c(OC)c1. The van der Waals surface area contributed by atoms with Gasteiger partial charge in [0.15, 0.2) is 5.13 Å². The Hall–Kier alpha value is -2.28. The molecule has 1 aliphatic rings. The lowest BCUT2D eigenvalue weighted by Gasteiger charge is -2.10. The first-order valence-corrected chi connectivity index (χ1v) is 7.83. The monoisotopic (exact) mass is 319 g/mol. The number of ether oxygens (including phenoxy) is 2. The molecule has 0 spiro atoms. The second kappa shape index (κ2) is 6.23. The van der Waals surface area contributed by atoms with Crippen LogP contribution in [0.1, 0.15) is 23.3 Å². The highest BCUT2D eigenvalue weighted by atomic mass is 32.1. The summed E-state index contributed by atoms with van der Waals surface area (Å²) in [4.78, 5) is 16.2. The molecule has 7 heteroatoms. The van der Waals surface area contributed by atoms with Crippen LogP contribution in [0.15, 0.2) is 23.6 Å². The van der Waals surface area contributed by atoms with Crippen molar-refractivity contribution in [3.05, 3.63) is 29.3 Å². The molecule has 1 aromatic carbocycles. The molecular weight excluding hydrogens is 302 g/mol. The van der Waals surface area contributed by atoms with Gasteiger partial charge in [0.2, 0.25) is 0 Å². The predicted molar refractivity (Wildman–Crippen MR) is 85.4 cm³/mol. The fraction of sp³-hybridized carbons (Fsp3) is 0.333. The first-order chi connectivity index (χ1) is 10.7. The highest BCUT2D eigenvalue weighted by Gasteiger charge is 2.24. The van der Waals surface area contributed by atoms with Gasteiger partial charge in [0.25, 0.3) is 5.91 Å². The smallest absolute Gasteiger partial charge is 0.271 e. The van der Waals surface area contributed by atoms with Gasteiger partial charge in [-0.2, -0.15) is 0 Å². The summed E-state index contributed by atoms with van der Waals surface area (Å²) >= 11 is 1.38. The standard InChI is InChI=1S/C15H17N3O3S/c1-20-10-5-6-11(13(7-10)21-2)17-15-18-12(8-22-15)14(19)16-9-3-4-9/h5-9H,3-4H2,1-2H3,(H,16,19)(H,17,18). The van der Waals surface area contributed by atoms with Crippen molar-refractivity contribution in [2.24, 2.45) is 0 Å². The molecule has 0 unspecified atom stereocenters. The van der Waals surface area contributed by atoms with Crippen molar-refractivity contribution in [3.8, 4) is 11.5 Å². The lowest BCUT2D eigenvalue weighted by Crippen LogP contribution is -2.25. The maximum Gasteiger partial charge on any atom is 0.271 e. The molecule has 6 nitrogen and oxygen atoms in total. The van der Waals surface area contributed by atoms with Crippen molar-refractivity contribution in [1.29, 1.82) is 0 Å². The quantitative estimate of drug-likeness (QED) is 0.856. The van der Waals surface area contributed by atoms with Gasteiger partial charge in [-0.25, -0.2) is 4.98 Å².